The fraction of sp³-hybridized carbons (Fsp3) is 0.263. The highest BCUT2D eigenvalue weighted by molar-refractivity contribution is 5.94. The first kappa shape index (κ1) is 17.0. The molecule has 6 heteroatoms. The van der Waals surface area contributed by atoms with Crippen molar-refractivity contribution in [2.24, 2.45) is 5.73 Å². The average Bonchev–Trinajstić information content (AvgIpc) is 3.21. The molecule has 0 saturated carbocycles. The zero-order chi connectivity index (χ0) is 18.0. The van der Waals surface area contributed by atoms with Gasteiger partial charge in [-0.3, -0.25) is 4.79 Å². The van der Waals surface area contributed by atoms with Gasteiger partial charge < -0.3 is 15.5 Å². The molecule has 0 aliphatic carbocycles. The number of benzene rings is 1. The Labute approximate surface area is 146 Å². The molecular formula is C19H22N4O2. The summed E-state index contributed by atoms with van der Waals surface area (Å²) in [5, 5.41) is 7.44. The monoisotopic (exact) mass is 338 g/mol. The fourth-order valence-corrected chi connectivity index (χ4v) is 2.76. The van der Waals surface area contributed by atoms with E-state index in [1.54, 1.807) is 6.07 Å². The third-order valence-corrected chi connectivity index (χ3v) is 4.11. The van der Waals surface area contributed by atoms with Gasteiger partial charge in [0.25, 0.3) is 5.91 Å². The van der Waals surface area contributed by atoms with Crippen LogP contribution in [0.4, 0.5) is 0 Å². The van der Waals surface area contributed by atoms with Crippen LogP contribution in [0.2, 0.25) is 0 Å². The van der Waals surface area contributed by atoms with Crippen LogP contribution in [0, 0.1) is 13.8 Å². The number of nitrogens with zero attached hydrogens (tertiary/aromatic N) is 2. The zero-order valence-electron chi connectivity index (χ0n) is 14.6. The Kier molecular flexibility index (Phi) is 4.72. The Morgan fingerprint density at radius 2 is 2.00 bits per heavy atom. The van der Waals surface area contributed by atoms with Crippen molar-refractivity contribution >= 4 is 5.91 Å². The molecular weight excluding hydrogens is 316 g/mol. The van der Waals surface area contributed by atoms with E-state index in [4.69, 9.17) is 10.2 Å². The van der Waals surface area contributed by atoms with Gasteiger partial charge in [-0.1, -0.05) is 12.1 Å². The summed E-state index contributed by atoms with van der Waals surface area (Å²) in [7, 11) is 0. The minimum atomic E-state index is -0.182. The molecule has 1 aromatic carbocycles. The molecule has 2 aromatic heterocycles. The van der Waals surface area contributed by atoms with Gasteiger partial charge in [-0.05, 0) is 50.6 Å². The molecule has 2 heterocycles. The van der Waals surface area contributed by atoms with Gasteiger partial charge in [0, 0.05) is 5.69 Å². The van der Waals surface area contributed by atoms with Crippen LogP contribution in [0.1, 0.15) is 46.0 Å². The van der Waals surface area contributed by atoms with Crippen molar-refractivity contribution in [3.8, 4) is 5.69 Å². The molecule has 1 unspecified atom stereocenters. The molecule has 1 amide bonds. The normalized spacial score (nSPS) is 12.2. The van der Waals surface area contributed by atoms with Crippen LogP contribution in [-0.4, -0.2) is 15.7 Å². The number of nitrogens with two attached hydrogens (primary N) is 1. The number of nitrogens with one attached hydrogen (secondary N) is 1. The van der Waals surface area contributed by atoms with E-state index in [-0.39, 0.29) is 18.5 Å². The van der Waals surface area contributed by atoms with E-state index in [9.17, 15) is 4.79 Å². The van der Waals surface area contributed by atoms with Crippen molar-refractivity contribution in [2.45, 2.75) is 33.4 Å². The van der Waals surface area contributed by atoms with Crippen LogP contribution in [0.5, 0.6) is 0 Å². The number of furan rings is 1. The van der Waals surface area contributed by atoms with Crippen molar-refractivity contribution in [3.05, 3.63) is 70.9 Å². The van der Waals surface area contributed by atoms with Gasteiger partial charge in [-0.2, -0.15) is 5.10 Å². The van der Waals surface area contributed by atoms with E-state index in [0.29, 0.717) is 11.3 Å². The van der Waals surface area contributed by atoms with Crippen LogP contribution in [-0.2, 0) is 6.54 Å². The van der Waals surface area contributed by atoms with E-state index < -0.39 is 0 Å². The van der Waals surface area contributed by atoms with Crippen molar-refractivity contribution in [1.29, 1.82) is 0 Å². The van der Waals surface area contributed by atoms with Gasteiger partial charge in [-0.15, -0.1) is 0 Å². The molecule has 3 rings (SSSR count). The number of aryl methyl sites for hydroxylation is 2. The van der Waals surface area contributed by atoms with Gasteiger partial charge >= 0.3 is 0 Å². The lowest BCUT2D eigenvalue weighted by atomic mass is 10.1. The highest BCUT2D eigenvalue weighted by Crippen LogP contribution is 2.18. The highest BCUT2D eigenvalue weighted by Gasteiger charge is 2.14. The van der Waals surface area contributed by atoms with E-state index >= 15 is 0 Å². The molecule has 25 heavy (non-hydrogen) atoms. The summed E-state index contributed by atoms with van der Waals surface area (Å²) in [5.41, 5.74) is 10.1. The first-order chi connectivity index (χ1) is 12.0. The van der Waals surface area contributed by atoms with Crippen LogP contribution in [0.3, 0.4) is 0 Å². The smallest absolute Gasteiger partial charge is 0.255 e. The standard InChI is InChI=1S/C19H22N4O2/c1-12-8-13(2)23(22-12)17-6-4-15(5-7-17)14(3)21-19(24)16-9-18(10-20)25-11-16/h4-9,11,14H,10,20H2,1-3H3,(H,21,24). The largest absolute Gasteiger partial charge is 0.467 e. The number of carbonyl (C=O) groups is 1. The Balaban J connectivity index is 1.71. The molecule has 1 atom stereocenters. The van der Waals surface area contributed by atoms with Gasteiger partial charge in [-0.25, -0.2) is 4.68 Å². The Hall–Kier alpha value is -2.86. The Bertz CT molecular complexity index is 877. The average molecular weight is 338 g/mol. The van der Waals surface area contributed by atoms with Crippen molar-refractivity contribution in [3.63, 3.8) is 0 Å². The molecule has 0 aliphatic rings. The number of amides is 1. The number of rotatable bonds is 5. The minimum Gasteiger partial charge on any atom is -0.467 e. The van der Waals surface area contributed by atoms with Crippen molar-refractivity contribution in [2.75, 3.05) is 0 Å². The summed E-state index contributed by atoms with van der Waals surface area (Å²) in [6.07, 6.45) is 1.43. The topological polar surface area (TPSA) is 86.1 Å². The van der Waals surface area contributed by atoms with Crippen molar-refractivity contribution < 1.29 is 9.21 Å². The molecule has 3 N–H and O–H groups in total. The van der Waals surface area contributed by atoms with E-state index in [1.165, 1.54) is 6.26 Å². The molecule has 0 saturated heterocycles. The summed E-state index contributed by atoms with van der Waals surface area (Å²) in [5.74, 6) is 0.408. The lowest BCUT2D eigenvalue weighted by Crippen LogP contribution is -2.26. The van der Waals surface area contributed by atoms with Gasteiger partial charge in [0.05, 0.1) is 29.5 Å². The first-order valence-electron chi connectivity index (χ1n) is 8.20. The van der Waals surface area contributed by atoms with Crippen LogP contribution in [0.25, 0.3) is 5.69 Å². The molecule has 6 nitrogen and oxygen atoms in total. The minimum absolute atomic E-state index is 0.127. The van der Waals surface area contributed by atoms with Crippen LogP contribution < -0.4 is 11.1 Å². The third-order valence-electron chi connectivity index (χ3n) is 4.11. The number of aromatic nitrogens is 2. The van der Waals surface area contributed by atoms with Crippen molar-refractivity contribution in [1.82, 2.24) is 15.1 Å². The highest BCUT2D eigenvalue weighted by atomic mass is 16.3. The Morgan fingerprint density at radius 1 is 1.28 bits per heavy atom. The quantitative estimate of drug-likeness (QED) is 0.749. The molecule has 0 spiro atoms. The number of hydrogen-bond donors (Lipinski definition) is 2. The van der Waals surface area contributed by atoms with Gasteiger partial charge in [0.2, 0.25) is 0 Å². The summed E-state index contributed by atoms with van der Waals surface area (Å²) < 4.78 is 7.11. The van der Waals surface area contributed by atoms with E-state index in [1.807, 2.05) is 55.8 Å². The fourth-order valence-electron chi connectivity index (χ4n) is 2.76. The molecule has 0 bridgehead atoms. The lowest BCUT2D eigenvalue weighted by Gasteiger charge is -2.14. The molecule has 3 aromatic rings. The second kappa shape index (κ2) is 6.94. The summed E-state index contributed by atoms with van der Waals surface area (Å²) in [6.45, 7) is 6.22. The maximum absolute atomic E-state index is 12.3. The van der Waals surface area contributed by atoms with Crippen LogP contribution in [0.15, 0.2) is 47.1 Å². The first-order valence-corrected chi connectivity index (χ1v) is 8.20. The molecule has 130 valence electrons. The SMILES string of the molecule is Cc1cc(C)n(-c2ccc(C(C)NC(=O)c3coc(CN)c3)cc2)n1. The van der Waals surface area contributed by atoms with Gasteiger partial charge in [0.1, 0.15) is 12.0 Å². The van der Waals surface area contributed by atoms with Gasteiger partial charge in [0.15, 0.2) is 0 Å². The van der Waals surface area contributed by atoms with E-state index in [2.05, 4.69) is 10.4 Å². The van der Waals surface area contributed by atoms with E-state index in [0.717, 1.165) is 22.6 Å². The number of carbonyl (C=O) groups excluding carboxylic acids is 1. The summed E-state index contributed by atoms with van der Waals surface area (Å²) >= 11 is 0. The second-order valence-corrected chi connectivity index (χ2v) is 6.13. The predicted octanol–water partition coefficient (Wildman–Crippen LogP) is 3.03. The van der Waals surface area contributed by atoms with Crippen LogP contribution >= 0.6 is 0 Å². The maximum atomic E-state index is 12.3. The maximum Gasteiger partial charge on any atom is 0.255 e. The molecule has 0 radical (unpaired) electrons. The predicted molar refractivity (Wildman–Crippen MR) is 95.5 cm³/mol. The third kappa shape index (κ3) is 3.64. The lowest BCUT2D eigenvalue weighted by molar-refractivity contribution is 0.0939. The Morgan fingerprint density at radius 3 is 2.56 bits per heavy atom. The number of hydrogen-bond acceptors (Lipinski definition) is 4. The molecule has 0 fully saturated rings. The summed E-state index contributed by atoms with van der Waals surface area (Å²) in [6, 6.07) is 11.6. The molecule has 0 aliphatic heterocycles. The summed E-state index contributed by atoms with van der Waals surface area (Å²) in [4.78, 5) is 12.3. The second-order valence-electron chi connectivity index (χ2n) is 6.13. The zero-order valence-corrected chi connectivity index (χ0v) is 14.6.